The van der Waals surface area contributed by atoms with E-state index in [4.69, 9.17) is 5.73 Å². The van der Waals surface area contributed by atoms with Gasteiger partial charge in [-0.2, -0.15) is 0 Å². The number of rotatable bonds is 6. The molecule has 90 valence electrons. The molecule has 1 nitrogen and oxygen atoms in total. The minimum atomic E-state index is -0.539. The fourth-order valence-electron chi connectivity index (χ4n) is 1.80. The van der Waals surface area contributed by atoms with E-state index in [-0.39, 0.29) is 5.56 Å². The zero-order valence-corrected chi connectivity index (χ0v) is 9.68. The van der Waals surface area contributed by atoms with Crippen LogP contribution in [-0.2, 0) is 0 Å². The van der Waals surface area contributed by atoms with E-state index < -0.39 is 17.7 Å². The largest absolute Gasteiger partial charge is 0.324 e. The zero-order valence-electron chi connectivity index (χ0n) is 9.68. The summed E-state index contributed by atoms with van der Waals surface area (Å²) < 4.78 is 26.7. The molecule has 0 aromatic heterocycles. The fraction of sp³-hybridized carbons (Fsp3) is 0.538. The molecule has 0 aliphatic carbocycles. The van der Waals surface area contributed by atoms with Crippen LogP contribution < -0.4 is 5.73 Å². The maximum Gasteiger partial charge on any atom is 0.130 e. The highest BCUT2D eigenvalue weighted by molar-refractivity contribution is 5.22. The van der Waals surface area contributed by atoms with E-state index in [0.717, 1.165) is 25.7 Å². The molecule has 1 aromatic rings. The Morgan fingerprint density at radius 3 is 2.31 bits per heavy atom. The van der Waals surface area contributed by atoms with Crippen molar-refractivity contribution in [3.8, 4) is 0 Å². The first-order valence-corrected chi connectivity index (χ1v) is 5.86. The van der Waals surface area contributed by atoms with Gasteiger partial charge in [0.25, 0.3) is 0 Å². The molecular weight excluding hydrogens is 208 g/mol. The van der Waals surface area contributed by atoms with E-state index in [1.54, 1.807) is 0 Å². The number of halogens is 2. The van der Waals surface area contributed by atoms with Gasteiger partial charge in [0.2, 0.25) is 0 Å². The smallest absolute Gasteiger partial charge is 0.130 e. The van der Waals surface area contributed by atoms with Crippen molar-refractivity contribution in [1.29, 1.82) is 0 Å². The van der Waals surface area contributed by atoms with Crippen molar-refractivity contribution in [3.05, 3.63) is 35.4 Å². The van der Waals surface area contributed by atoms with Gasteiger partial charge in [0.1, 0.15) is 11.6 Å². The Morgan fingerprint density at radius 1 is 1.12 bits per heavy atom. The molecule has 3 heteroatoms. The van der Waals surface area contributed by atoms with Crippen molar-refractivity contribution in [2.75, 3.05) is 0 Å². The van der Waals surface area contributed by atoms with Crippen molar-refractivity contribution >= 4 is 0 Å². The number of benzene rings is 1. The van der Waals surface area contributed by atoms with Gasteiger partial charge < -0.3 is 5.73 Å². The first-order chi connectivity index (χ1) is 7.66. The van der Waals surface area contributed by atoms with Crippen molar-refractivity contribution in [1.82, 2.24) is 0 Å². The van der Waals surface area contributed by atoms with Crippen LogP contribution in [0.15, 0.2) is 18.2 Å². The second kappa shape index (κ2) is 6.59. The predicted octanol–water partition coefficient (Wildman–Crippen LogP) is 3.94. The maximum absolute atomic E-state index is 13.4. The predicted molar refractivity (Wildman–Crippen MR) is 62.0 cm³/mol. The number of unbranched alkanes of at least 4 members (excludes halogenated alkanes) is 3. The summed E-state index contributed by atoms with van der Waals surface area (Å²) in [6, 6.07) is 3.34. The van der Waals surface area contributed by atoms with Crippen LogP contribution in [0.3, 0.4) is 0 Å². The number of hydrogen-bond acceptors (Lipinski definition) is 1. The minimum Gasteiger partial charge on any atom is -0.324 e. The normalized spacial score (nSPS) is 12.8. The van der Waals surface area contributed by atoms with Crippen molar-refractivity contribution in [3.63, 3.8) is 0 Å². The van der Waals surface area contributed by atoms with Gasteiger partial charge in [-0.15, -0.1) is 0 Å². The summed E-state index contributed by atoms with van der Waals surface area (Å²) in [6.45, 7) is 2.12. The van der Waals surface area contributed by atoms with Crippen LogP contribution in [0.25, 0.3) is 0 Å². The Morgan fingerprint density at radius 2 is 1.75 bits per heavy atom. The molecule has 16 heavy (non-hydrogen) atoms. The molecule has 0 spiro atoms. The summed E-state index contributed by atoms with van der Waals surface area (Å²) in [4.78, 5) is 0. The monoisotopic (exact) mass is 227 g/mol. The third-order valence-electron chi connectivity index (χ3n) is 2.74. The lowest BCUT2D eigenvalue weighted by atomic mass is 10.00. The van der Waals surface area contributed by atoms with Gasteiger partial charge in [-0.25, -0.2) is 8.78 Å². The van der Waals surface area contributed by atoms with E-state index in [1.807, 2.05) is 0 Å². The molecule has 0 amide bonds. The summed E-state index contributed by atoms with van der Waals surface area (Å²) >= 11 is 0. The van der Waals surface area contributed by atoms with Gasteiger partial charge in [-0.05, 0) is 18.6 Å². The summed E-state index contributed by atoms with van der Waals surface area (Å²) in [7, 11) is 0. The molecule has 0 aliphatic heterocycles. The van der Waals surface area contributed by atoms with Crippen molar-refractivity contribution in [2.24, 2.45) is 5.73 Å². The van der Waals surface area contributed by atoms with Crippen LogP contribution in [0.2, 0.25) is 0 Å². The molecule has 1 unspecified atom stereocenters. The standard InChI is InChI=1S/C13H19F2N/c1-2-3-4-5-9-12(16)13-10(14)7-6-8-11(13)15/h6-8,12H,2-5,9,16H2,1H3. The molecule has 0 radical (unpaired) electrons. The van der Waals surface area contributed by atoms with Gasteiger partial charge in [-0.1, -0.05) is 38.7 Å². The van der Waals surface area contributed by atoms with Crippen LogP contribution in [0.5, 0.6) is 0 Å². The van der Waals surface area contributed by atoms with E-state index in [1.165, 1.54) is 18.2 Å². The van der Waals surface area contributed by atoms with Gasteiger partial charge in [-0.3, -0.25) is 0 Å². The van der Waals surface area contributed by atoms with Gasteiger partial charge in [0.05, 0.1) is 0 Å². The van der Waals surface area contributed by atoms with Crippen LogP contribution in [0, 0.1) is 11.6 Å². The SMILES string of the molecule is CCCCCCC(N)c1c(F)cccc1F. The third kappa shape index (κ3) is 3.56. The molecule has 0 bridgehead atoms. The number of nitrogens with two attached hydrogens (primary N) is 1. The molecule has 0 fully saturated rings. The third-order valence-corrected chi connectivity index (χ3v) is 2.74. The lowest BCUT2D eigenvalue weighted by Crippen LogP contribution is -2.14. The molecule has 0 aliphatic rings. The topological polar surface area (TPSA) is 26.0 Å². The Bertz CT molecular complexity index is 305. The molecule has 0 saturated carbocycles. The van der Waals surface area contributed by atoms with Crippen molar-refractivity contribution < 1.29 is 8.78 Å². The van der Waals surface area contributed by atoms with E-state index in [0.29, 0.717) is 6.42 Å². The lowest BCUT2D eigenvalue weighted by molar-refractivity contribution is 0.494. The average molecular weight is 227 g/mol. The quantitative estimate of drug-likeness (QED) is 0.732. The Labute approximate surface area is 95.7 Å². The molecule has 0 heterocycles. The lowest BCUT2D eigenvalue weighted by Gasteiger charge is -2.13. The summed E-state index contributed by atoms with van der Waals surface area (Å²) in [6.07, 6.45) is 4.91. The molecule has 1 rings (SSSR count). The molecule has 2 N–H and O–H groups in total. The molecule has 1 atom stereocenters. The Kier molecular flexibility index (Phi) is 5.39. The molecule has 0 saturated heterocycles. The second-order valence-corrected chi connectivity index (χ2v) is 4.09. The first-order valence-electron chi connectivity index (χ1n) is 5.86. The van der Waals surface area contributed by atoms with Gasteiger partial charge in [0, 0.05) is 11.6 Å². The highest BCUT2D eigenvalue weighted by atomic mass is 19.1. The summed E-state index contributed by atoms with van der Waals surface area (Å²) in [5.41, 5.74) is 5.83. The van der Waals surface area contributed by atoms with E-state index in [9.17, 15) is 8.78 Å². The number of hydrogen-bond donors (Lipinski definition) is 1. The van der Waals surface area contributed by atoms with Crippen molar-refractivity contribution in [2.45, 2.75) is 45.1 Å². The minimum absolute atomic E-state index is 0.0269. The van der Waals surface area contributed by atoms with Gasteiger partial charge >= 0.3 is 0 Å². The summed E-state index contributed by atoms with van der Waals surface area (Å²) in [5.74, 6) is -1.08. The highest BCUT2D eigenvalue weighted by Crippen LogP contribution is 2.23. The Balaban J connectivity index is 2.55. The Hall–Kier alpha value is -0.960. The highest BCUT2D eigenvalue weighted by Gasteiger charge is 2.15. The zero-order chi connectivity index (χ0) is 12.0. The van der Waals surface area contributed by atoms with Crippen LogP contribution in [0.4, 0.5) is 8.78 Å². The van der Waals surface area contributed by atoms with E-state index in [2.05, 4.69) is 6.92 Å². The van der Waals surface area contributed by atoms with Crippen LogP contribution in [-0.4, -0.2) is 0 Å². The summed E-state index contributed by atoms with van der Waals surface area (Å²) in [5, 5.41) is 0. The molecular formula is C13H19F2N. The molecule has 1 aromatic carbocycles. The average Bonchev–Trinajstić information content (AvgIpc) is 2.24. The van der Waals surface area contributed by atoms with E-state index >= 15 is 0 Å². The maximum atomic E-state index is 13.4. The van der Waals surface area contributed by atoms with Gasteiger partial charge in [0.15, 0.2) is 0 Å². The van der Waals surface area contributed by atoms with Crippen LogP contribution in [0.1, 0.15) is 50.6 Å². The fourth-order valence-corrected chi connectivity index (χ4v) is 1.80. The second-order valence-electron chi connectivity index (χ2n) is 4.09. The van der Waals surface area contributed by atoms with Crippen LogP contribution >= 0.6 is 0 Å². The first kappa shape index (κ1) is 13.1.